The second kappa shape index (κ2) is 7.54. The highest BCUT2D eigenvalue weighted by atomic mass is 35.5. The summed E-state index contributed by atoms with van der Waals surface area (Å²) in [5.41, 5.74) is 2.88. The van der Waals surface area contributed by atoms with Crippen LogP contribution in [0, 0.1) is 6.92 Å². The van der Waals surface area contributed by atoms with Crippen LogP contribution in [0.1, 0.15) is 33.1 Å². The van der Waals surface area contributed by atoms with Crippen molar-refractivity contribution in [3.8, 4) is 0 Å². The minimum Gasteiger partial charge on any atom is -0.339 e. The Labute approximate surface area is 177 Å². The Kier molecular flexibility index (Phi) is 5.06. The van der Waals surface area contributed by atoms with Gasteiger partial charge in [-0.3, -0.25) is 14.3 Å². The largest absolute Gasteiger partial charge is 0.339 e. The normalized spacial score (nSPS) is 18.1. The molecule has 6 nitrogen and oxygen atoms in total. The molecule has 0 aliphatic carbocycles. The number of aryl methyl sites for hydroxylation is 2. The number of nitrogens with one attached hydrogen (secondary N) is 2. The quantitative estimate of drug-likeness (QED) is 0.663. The molecule has 1 aliphatic rings. The first-order valence-electron chi connectivity index (χ1n) is 9.01. The van der Waals surface area contributed by atoms with Crippen molar-refractivity contribution in [2.75, 3.05) is 5.32 Å². The molecule has 0 saturated heterocycles. The van der Waals surface area contributed by atoms with Gasteiger partial charge >= 0.3 is 0 Å². The molecule has 8 heteroatoms. The van der Waals surface area contributed by atoms with Crippen molar-refractivity contribution >= 4 is 40.8 Å². The van der Waals surface area contributed by atoms with Crippen molar-refractivity contribution in [1.82, 2.24) is 15.1 Å². The van der Waals surface area contributed by atoms with E-state index in [9.17, 15) is 9.59 Å². The fraction of sp³-hybridized carbons (Fsp3) is 0.190. The second-order valence-corrected chi connectivity index (χ2v) is 7.82. The van der Waals surface area contributed by atoms with E-state index in [1.54, 1.807) is 42.1 Å². The lowest BCUT2D eigenvalue weighted by Gasteiger charge is -2.32. The van der Waals surface area contributed by atoms with Crippen molar-refractivity contribution in [3.05, 3.63) is 81.0 Å². The summed E-state index contributed by atoms with van der Waals surface area (Å²) < 4.78 is 1.64. The molecule has 3 aromatic rings. The van der Waals surface area contributed by atoms with Crippen molar-refractivity contribution < 1.29 is 9.59 Å². The lowest BCUT2D eigenvalue weighted by Crippen LogP contribution is -2.50. The highest BCUT2D eigenvalue weighted by molar-refractivity contribution is 6.31. The van der Waals surface area contributed by atoms with Gasteiger partial charge in [-0.25, -0.2) is 0 Å². The third kappa shape index (κ3) is 3.61. The Morgan fingerprint density at radius 3 is 2.55 bits per heavy atom. The van der Waals surface area contributed by atoms with Crippen LogP contribution < -0.4 is 10.6 Å². The third-order valence-electron chi connectivity index (χ3n) is 5.04. The molecule has 2 amide bonds. The summed E-state index contributed by atoms with van der Waals surface area (Å²) in [5, 5.41) is 11.3. The summed E-state index contributed by atoms with van der Waals surface area (Å²) in [6, 6.07) is 13.0. The van der Waals surface area contributed by atoms with Crippen LogP contribution in [0.4, 0.5) is 5.82 Å². The van der Waals surface area contributed by atoms with Crippen LogP contribution in [-0.4, -0.2) is 27.6 Å². The summed E-state index contributed by atoms with van der Waals surface area (Å²) in [6.45, 7) is 1.88. The van der Waals surface area contributed by atoms with Crippen LogP contribution in [0.5, 0.6) is 0 Å². The van der Waals surface area contributed by atoms with Gasteiger partial charge in [0.2, 0.25) is 5.91 Å². The summed E-state index contributed by atoms with van der Waals surface area (Å²) in [4.78, 5) is 25.8. The van der Waals surface area contributed by atoms with Gasteiger partial charge in [-0.15, -0.1) is 0 Å². The number of benzene rings is 2. The number of nitrogens with zero attached hydrogens (tertiary/aromatic N) is 2. The Morgan fingerprint density at radius 1 is 1.14 bits per heavy atom. The Balaban J connectivity index is 1.78. The van der Waals surface area contributed by atoms with E-state index in [-0.39, 0.29) is 11.8 Å². The van der Waals surface area contributed by atoms with Gasteiger partial charge in [0.1, 0.15) is 11.9 Å². The number of fused-ring (bicyclic) bond motifs is 1. The van der Waals surface area contributed by atoms with Gasteiger partial charge in [0, 0.05) is 34.1 Å². The van der Waals surface area contributed by atoms with Crippen molar-refractivity contribution in [2.45, 2.75) is 18.9 Å². The topological polar surface area (TPSA) is 76.0 Å². The number of amides is 2. The molecule has 0 spiro atoms. The molecular formula is C21H18Cl2N4O2. The number of rotatable bonds is 3. The first-order chi connectivity index (χ1) is 13.8. The van der Waals surface area contributed by atoms with Gasteiger partial charge in [0.15, 0.2) is 0 Å². The molecule has 148 valence electrons. The third-order valence-corrected chi connectivity index (χ3v) is 5.52. The molecular weight excluding hydrogens is 411 g/mol. The predicted molar refractivity (Wildman–Crippen MR) is 113 cm³/mol. The zero-order chi connectivity index (χ0) is 20.7. The molecule has 0 bridgehead atoms. The van der Waals surface area contributed by atoms with E-state index < -0.39 is 12.0 Å². The lowest BCUT2D eigenvalue weighted by molar-refractivity contribution is -0.118. The SMILES string of the molecule is Cc1nn(C)c2c1[C@@H](c1cccc(Cl)c1)[C@H](NC(=O)c1ccc(Cl)cc1)C(=O)N2. The smallest absolute Gasteiger partial charge is 0.251 e. The Morgan fingerprint density at radius 2 is 1.86 bits per heavy atom. The van der Waals surface area contributed by atoms with E-state index in [4.69, 9.17) is 23.2 Å². The number of carbonyl (C=O) groups excluding carboxylic acids is 2. The molecule has 2 aromatic carbocycles. The van der Waals surface area contributed by atoms with Crippen molar-refractivity contribution in [2.24, 2.45) is 7.05 Å². The molecule has 1 aliphatic heterocycles. The Bertz CT molecular complexity index is 1110. The fourth-order valence-electron chi connectivity index (χ4n) is 3.74. The van der Waals surface area contributed by atoms with Gasteiger partial charge in [0.25, 0.3) is 5.91 Å². The minimum atomic E-state index is -0.827. The van der Waals surface area contributed by atoms with Gasteiger partial charge in [-0.2, -0.15) is 5.10 Å². The maximum Gasteiger partial charge on any atom is 0.251 e. The number of aromatic nitrogens is 2. The van der Waals surface area contributed by atoms with E-state index in [0.29, 0.717) is 21.4 Å². The van der Waals surface area contributed by atoms with E-state index in [0.717, 1.165) is 16.8 Å². The molecule has 0 saturated carbocycles. The van der Waals surface area contributed by atoms with Crippen LogP contribution in [-0.2, 0) is 11.8 Å². The van der Waals surface area contributed by atoms with E-state index >= 15 is 0 Å². The predicted octanol–water partition coefficient (Wildman–Crippen LogP) is 3.92. The molecule has 29 heavy (non-hydrogen) atoms. The van der Waals surface area contributed by atoms with Crippen LogP contribution in [0.25, 0.3) is 0 Å². The molecule has 2 N–H and O–H groups in total. The maximum atomic E-state index is 13.0. The average Bonchev–Trinajstić information content (AvgIpc) is 2.96. The number of carbonyl (C=O) groups is 2. The zero-order valence-corrected chi connectivity index (χ0v) is 17.3. The zero-order valence-electron chi connectivity index (χ0n) is 15.7. The molecule has 2 heterocycles. The first-order valence-corrected chi connectivity index (χ1v) is 9.77. The van der Waals surface area contributed by atoms with E-state index in [1.165, 1.54) is 0 Å². The minimum absolute atomic E-state index is 0.312. The standard InChI is InChI=1S/C21H18Cl2N4O2/c1-11-16-17(13-4-3-5-15(23)10-13)18(21(29)25-19(16)27(2)26-11)24-20(28)12-6-8-14(22)9-7-12/h3-10,17-18H,1-2H3,(H,24,28)(H,25,29)/t17-,18+/m1/s1. The summed E-state index contributed by atoms with van der Waals surface area (Å²) in [6.07, 6.45) is 0. The number of hydrogen-bond donors (Lipinski definition) is 2. The first kappa shape index (κ1) is 19.5. The number of anilines is 1. The fourth-order valence-corrected chi connectivity index (χ4v) is 4.07. The monoisotopic (exact) mass is 428 g/mol. The van der Waals surface area contributed by atoms with Crippen LogP contribution in [0.15, 0.2) is 48.5 Å². The molecule has 0 unspecified atom stereocenters. The molecule has 0 fully saturated rings. The van der Waals surface area contributed by atoms with Gasteiger partial charge in [-0.05, 0) is 48.9 Å². The summed E-state index contributed by atoms with van der Waals surface area (Å²) >= 11 is 12.1. The molecule has 2 atom stereocenters. The number of hydrogen-bond acceptors (Lipinski definition) is 3. The van der Waals surface area contributed by atoms with Crippen molar-refractivity contribution in [3.63, 3.8) is 0 Å². The van der Waals surface area contributed by atoms with Crippen LogP contribution >= 0.6 is 23.2 Å². The molecule has 1 aromatic heterocycles. The van der Waals surface area contributed by atoms with Gasteiger partial charge in [-0.1, -0.05) is 35.3 Å². The highest BCUT2D eigenvalue weighted by Gasteiger charge is 2.41. The van der Waals surface area contributed by atoms with E-state index in [2.05, 4.69) is 15.7 Å². The van der Waals surface area contributed by atoms with Crippen molar-refractivity contribution in [1.29, 1.82) is 0 Å². The van der Waals surface area contributed by atoms with Gasteiger partial charge in [0.05, 0.1) is 5.69 Å². The van der Waals surface area contributed by atoms with Gasteiger partial charge < -0.3 is 10.6 Å². The molecule has 4 rings (SSSR count). The summed E-state index contributed by atoms with van der Waals surface area (Å²) in [7, 11) is 1.77. The number of halogens is 2. The van der Waals surface area contributed by atoms with E-state index in [1.807, 2.05) is 25.1 Å². The highest BCUT2D eigenvalue weighted by Crippen LogP contribution is 2.39. The maximum absolute atomic E-state index is 13.0. The van der Waals surface area contributed by atoms with Crippen LogP contribution in [0.2, 0.25) is 10.0 Å². The molecule has 0 radical (unpaired) electrons. The average molecular weight is 429 g/mol. The lowest BCUT2D eigenvalue weighted by atomic mass is 9.82. The van der Waals surface area contributed by atoms with Crippen LogP contribution in [0.3, 0.4) is 0 Å². The second-order valence-electron chi connectivity index (χ2n) is 6.95. The Hall–Kier alpha value is -2.83. The summed E-state index contributed by atoms with van der Waals surface area (Å²) in [5.74, 6) is -0.483.